The predicted molar refractivity (Wildman–Crippen MR) is 104 cm³/mol. The summed E-state index contributed by atoms with van der Waals surface area (Å²) >= 11 is 0. The van der Waals surface area contributed by atoms with Crippen LogP contribution < -0.4 is 0 Å². The Morgan fingerprint density at radius 2 is 0.280 bits per heavy atom. The molecule has 0 fully saturated rings. The summed E-state index contributed by atoms with van der Waals surface area (Å²) in [5.74, 6) is 0. The van der Waals surface area contributed by atoms with Crippen LogP contribution in [0.3, 0.4) is 0 Å². The van der Waals surface area contributed by atoms with Crippen LogP contribution in [0.25, 0.3) is 0 Å². The number of hydrogen-bond acceptors (Lipinski definition) is 6. The minimum absolute atomic E-state index is 0. The number of aliphatic hydroxyl groups excluding tert-OH is 6. The summed E-state index contributed by atoms with van der Waals surface area (Å²) in [6.45, 7) is 20.7. The number of rotatable bonds is 0. The fourth-order valence-corrected chi connectivity index (χ4v) is 0. The van der Waals surface area contributed by atoms with Gasteiger partial charge in [0.1, 0.15) is 0 Å². The first-order chi connectivity index (χ1) is 10.4. The first kappa shape index (κ1) is 44.8. The van der Waals surface area contributed by atoms with Gasteiger partial charge in [-0.2, -0.15) is 0 Å². The zero-order valence-electron chi connectivity index (χ0n) is 18.6. The van der Waals surface area contributed by atoms with Crippen molar-refractivity contribution in [3.63, 3.8) is 0 Å². The molecule has 25 heavy (non-hydrogen) atoms. The van der Waals surface area contributed by atoms with Gasteiger partial charge in [0.15, 0.2) is 0 Å². The molecule has 0 aromatic carbocycles. The standard InChI is InChI=1S/6C3H8O.Zr/c6*1-3(2)4;/h6*3-4H,1-2H3;. The maximum atomic E-state index is 8.06. The van der Waals surface area contributed by atoms with Crippen molar-refractivity contribution in [3.8, 4) is 0 Å². The van der Waals surface area contributed by atoms with Gasteiger partial charge in [-0.3, -0.25) is 0 Å². The van der Waals surface area contributed by atoms with Crippen LogP contribution in [0, 0.1) is 0 Å². The van der Waals surface area contributed by atoms with E-state index in [2.05, 4.69) is 0 Å². The molecule has 0 saturated heterocycles. The van der Waals surface area contributed by atoms with Crippen LogP contribution >= 0.6 is 0 Å². The Bertz CT molecular complexity index is 101. The summed E-state index contributed by atoms with van der Waals surface area (Å²) in [4.78, 5) is 0. The largest absolute Gasteiger partial charge is 0.394 e. The third-order valence-corrected chi connectivity index (χ3v) is 0. The van der Waals surface area contributed by atoms with Crippen LogP contribution in [0.15, 0.2) is 0 Å². The van der Waals surface area contributed by atoms with E-state index in [9.17, 15) is 0 Å². The molecule has 0 radical (unpaired) electrons. The van der Waals surface area contributed by atoms with Crippen LogP contribution in [0.4, 0.5) is 0 Å². The Labute approximate surface area is 176 Å². The molecule has 0 spiro atoms. The van der Waals surface area contributed by atoms with Gasteiger partial charge in [0, 0.05) is 62.8 Å². The monoisotopic (exact) mass is 450 g/mol. The molecular weight excluding hydrogens is 403 g/mol. The second-order valence-electron chi connectivity index (χ2n) is 6.56. The minimum atomic E-state index is -0.167. The van der Waals surface area contributed by atoms with Crippen molar-refractivity contribution in [1.82, 2.24) is 0 Å². The van der Waals surface area contributed by atoms with Crippen molar-refractivity contribution in [2.24, 2.45) is 0 Å². The van der Waals surface area contributed by atoms with E-state index in [0.717, 1.165) is 0 Å². The van der Waals surface area contributed by atoms with Crippen molar-refractivity contribution >= 4 is 0 Å². The number of hydrogen-bond donors (Lipinski definition) is 6. The Morgan fingerprint density at radius 3 is 0.280 bits per heavy atom. The topological polar surface area (TPSA) is 121 Å². The molecular formula is C18H48O6Zr. The van der Waals surface area contributed by atoms with Crippen LogP contribution in [0.1, 0.15) is 83.1 Å². The Hall–Kier alpha value is 0.643. The molecule has 160 valence electrons. The molecule has 0 aliphatic carbocycles. The molecule has 0 aromatic rings. The molecule has 0 aromatic heterocycles. The van der Waals surface area contributed by atoms with Crippen LogP contribution in [0.5, 0.6) is 0 Å². The molecule has 0 bridgehead atoms. The van der Waals surface area contributed by atoms with E-state index in [1.54, 1.807) is 83.1 Å². The fourth-order valence-electron chi connectivity index (χ4n) is 0. The van der Waals surface area contributed by atoms with E-state index in [4.69, 9.17) is 30.6 Å². The predicted octanol–water partition coefficient (Wildman–Crippen LogP) is 2.32. The quantitative estimate of drug-likeness (QED) is 0.336. The molecule has 0 aliphatic heterocycles. The van der Waals surface area contributed by atoms with E-state index in [-0.39, 0.29) is 62.8 Å². The maximum Gasteiger partial charge on any atom is 0.0483 e. The molecule has 0 unspecified atom stereocenters. The summed E-state index contributed by atoms with van der Waals surface area (Å²) in [6.07, 6.45) is -1.00. The summed E-state index contributed by atoms with van der Waals surface area (Å²) < 4.78 is 0. The molecule has 0 rings (SSSR count). The van der Waals surface area contributed by atoms with Crippen molar-refractivity contribution < 1.29 is 56.8 Å². The summed E-state index contributed by atoms with van der Waals surface area (Å²) in [7, 11) is 0. The molecule has 0 heterocycles. The van der Waals surface area contributed by atoms with Gasteiger partial charge >= 0.3 is 0 Å². The van der Waals surface area contributed by atoms with Crippen LogP contribution in [0.2, 0.25) is 0 Å². The third kappa shape index (κ3) is 30500. The van der Waals surface area contributed by atoms with E-state index >= 15 is 0 Å². The average molecular weight is 452 g/mol. The van der Waals surface area contributed by atoms with E-state index in [1.807, 2.05) is 0 Å². The van der Waals surface area contributed by atoms with Crippen LogP contribution in [-0.4, -0.2) is 67.3 Å². The third-order valence-electron chi connectivity index (χ3n) is 0. The molecule has 0 aliphatic rings. The van der Waals surface area contributed by atoms with E-state index in [1.165, 1.54) is 0 Å². The van der Waals surface area contributed by atoms with Gasteiger partial charge < -0.3 is 30.6 Å². The first-order valence-corrected chi connectivity index (χ1v) is 8.48. The summed E-state index contributed by atoms with van der Waals surface area (Å²) in [5.41, 5.74) is 0. The van der Waals surface area contributed by atoms with Crippen molar-refractivity contribution in [2.45, 2.75) is 120 Å². The van der Waals surface area contributed by atoms with Gasteiger partial charge in [0.2, 0.25) is 0 Å². The summed E-state index contributed by atoms with van der Waals surface area (Å²) in [5, 5.41) is 48.3. The van der Waals surface area contributed by atoms with Gasteiger partial charge in [-0.1, -0.05) is 0 Å². The molecule has 6 N–H and O–H groups in total. The second kappa shape index (κ2) is 39.6. The van der Waals surface area contributed by atoms with Gasteiger partial charge in [0.05, 0.1) is 0 Å². The van der Waals surface area contributed by atoms with Crippen molar-refractivity contribution in [1.29, 1.82) is 0 Å². The molecule has 0 amide bonds. The Morgan fingerprint density at radius 1 is 0.280 bits per heavy atom. The fraction of sp³-hybridized carbons (Fsp3) is 1.00. The Kier molecular flexibility index (Phi) is 71.0. The van der Waals surface area contributed by atoms with Crippen molar-refractivity contribution in [2.75, 3.05) is 0 Å². The van der Waals surface area contributed by atoms with E-state index in [0.29, 0.717) is 0 Å². The van der Waals surface area contributed by atoms with Crippen molar-refractivity contribution in [3.05, 3.63) is 0 Å². The molecule has 6 nitrogen and oxygen atoms in total. The zero-order chi connectivity index (χ0) is 21.5. The van der Waals surface area contributed by atoms with Gasteiger partial charge in [-0.15, -0.1) is 0 Å². The van der Waals surface area contributed by atoms with Gasteiger partial charge in [-0.25, -0.2) is 0 Å². The Balaban J connectivity index is -0.0000000309. The zero-order valence-corrected chi connectivity index (χ0v) is 21.1. The van der Waals surface area contributed by atoms with Crippen LogP contribution in [-0.2, 0) is 26.2 Å². The first-order valence-electron chi connectivity index (χ1n) is 8.48. The average Bonchev–Trinajstić information content (AvgIpc) is 2.08. The smallest absolute Gasteiger partial charge is 0.0483 e. The van der Waals surface area contributed by atoms with Gasteiger partial charge in [0.25, 0.3) is 0 Å². The molecule has 0 saturated carbocycles. The van der Waals surface area contributed by atoms with E-state index < -0.39 is 0 Å². The maximum absolute atomic E-state index is 8.06. The molecule has 0 atom stereocenters. The molecule has 7 heteroatoms. The second-order valence-corrected chi connectivity index (χ2v) is 6.56. The van der Waals surface area contributed by atoms with Gasteiger partial charge in [-0.05, 0) is 83.1 Å². The number of aliphatic hydroxyl groups is 6. The normalized spacial score (nSPS) is 8.64. The SMILES string of the molecule is CC(C)O.CC(C)O.CC(C)O.CC(C)O.CC(C)O.CC(C)O.[Zr]. The minimum Gasteiger partial charge on any atom is -0.394 e. The summed E-state index contributed by atoms with van der Waals surface area (Å²) in [6, 6.07) is 0.